The van der Waals surface area contributed by atoms with Crippen molar-refractivity contribution in [2.24, 2.45) is 7.05 Å². The van der Waals surface area contributed by atoms with E-state index < -0.39 is 0 Å². The lowest BCUT2D eigenvalue weighted by Crippen LogP contribution is -2.33. The number of hydrogen-bond donors (Lipinski definition) is 1. The topological polar surface area (TPSA) is 34.0 Å². The van der Waals surface area contributed by atoms with Gasteiger partial charge in [-0.3, -0.25) is 4.79 Å². The molecule has 1 aromatic heterocycles. The number of hydrogen-bond acceptors (Lipinski definition) is 1. The van der Waals surface area contributed by atoms with E-state index in [1.807, 2.05) is 0 Å². The van der Waals surface area contributed by atoms with E-state index in [1.54, 1.807) is 0 Å². The second kappa shape index (κ2) is 7.77. The zero-order chi connectivity index (χ0) is 18.7. The van der Waals surface area contributed by atoms with Gasteiger partial charge < -0.3 is 9.88 Å². The number of amides is 1. The highest BCUT2D eigenvalue weighted by Gasteiger charge is 2.22. The van der Waals surface area contributed by atoms with Crippen LogP contribution in [0.4, 0.5) is 0 Å². The van der Waals surface area contributed by atoms with Crippen molar-refractivity contribution in [2.75, 3.05) is 0 Å². The zero-order valence-corrected chi connectivity index (χ0v) is 16.1. The van der Waals surface area contributed by atoms with Crippen molar-refractivity contribution in [3.63, 3.8) is 0 Å². The molecular weight excluding hydrogens is 320 g/mol. The summed E-state index contributed by atoms with van der Waals surface area (Å²) in [6, 6.07) is 17.2. The summed E-state index contributed by atoms with van der Waals surface area (Å²) in [6.07, 6.45) is 3.57. The van der Waals surface area contributed by atoms with Crippen LogP contribution < -0.4 is 5.32 Å². The summed E-state index contributed by atoms with van der Waals surface area (Å²) < 4.78 is 2.15. The Hall–Kier alpha value is -2.55. The normalized spacial score (nSPS) is 13.5. The Morgan fingerprint density at radius 3 is 2.50 bits per heavy atom. The standard InChI is InChI=1S/C23H28N2O/c1-5-17(3)24-23(26)14-20(18-12-10-16(2)11-13-18)21-15-25(4)22-9-7-6-8-19(21)22/h6-13,15,17,20H,5,14H2,1-4H3,(H,24,26)/t17-,20-/m0/s1. The molecule has 3 aromatic rings. The number of aromatic nitrogens is 1. The number of carbonyl (C=O) groups excluding carboxylic acids is 1. The van der Waals surface area contributed by atoms with Crippen LogP contribution in [0, 0.1) is 6.92 Å². The van der Waals surface area contributed by atoms with Crippen molar-refractivity contribution in [3.05, 3.63) is 71.4 Å². The summed E-state index contributed by atoms with van der Waals surface area (Å²) in [4.78, 5) is 12.7. The Morgan fingerprint density at radius 2 is 1.81 bits per heavy atom. The molecule has 0 fully saturated rings. The minimum atomic E-state index is 0.0470. The second-order valence-electron chi connectivity index (χ2n) is 7.26. The molecule has 0 bridgehead atoms. The van der Waals surface area contributed by atoms with Gasteiger partial charge in [0.1, 0.15) is 0 Å². The third-order valence-electron chi connectivity index (χ3n) is 5.19. The number of para-hydroxylation sites is 1. The van der Waals surface area contributed by atoms with Gasteiger partial charge in [0.05, 0.1) is 0 Å². The van der Waals surface area contributed by atoms with Gasteiger partial charge in [-0.05, 0) is 37.5 Å². The van der Waals surface area contributed by atoms with Crippen molar-refractivity contribution in [1.82, 2.24) is 9.88 Å². The van der Waals surface area contributed by atoms with Crippen LogP contribution in [-0.4, -0.2) is 16.5 Å². The largest absolute Gasteiger partial charge is 0.354 e. The maximum atomic E-state index is 12.7. The molecule has 0 aliphatic heterocycles. The molecule has 26 heavy (non-hydrogen) atoms. The van der Waals surface area contributed by atoms with Gasteiger partial charge in [-0.25, -0.2) is 0 Å². The summed E-state index contributed by atoms with van der Waals surface area (Å²) in [6.45, 7) is 6.23. The van der Waals surface area contributed by atoms with Gasteiger partial charge in [-0.15, -0.1) is 0 Å². The highest BCUT2D eigenvalue weighted by molar-refractivity contribution is 5.86. The monoisotopic (exact) mass is 348 g/mol. The fourth-order valence-electron chi connectivity index (χ4n) is 3.48. The van der Waals surface area contributed by atoms with Crippen molar-refractivity contribution in [2.45, 2.75) is 45.6 Å². The number of nitrogens with zero attached hydrogens (tertiary/aromatic N) is 1. The van der Waals surface area contributed by atoms with E-state index >= 15 is 0 Å². The number of nitrogens with one attached hydrogen (secondary N) is 1. The molecule has 0 spiro atoms. The Kier molecular flexibility index (Phi) is 5.46. The Balaban J connectivity index is 2.02. The molecule has 2 aromatic carbocycles. The Labute approximate surface area is 156 Å². The first kappa shape index (κ1) is 18.2. The molecule has 0 unspecified atom stereocenters. The van der Waals surface area contributed by atoms with Crippen LogP contribution in [0.2, 0.25) is 0 Å². The Bertz CT molecular complexity index is 892. The zero-order valence-electron chi connectivity index (χ0n) is 16.1. The van der Waals surface area contributed by atoms with Crippen LogP contribution in [0.3, 0.4) is 0 Å². The lowest BCUT2D eigenvalue weighted by Gasteiger charge is -2.19. The second-order valence-corrected chi connectivity index (χ2v) is 7.26. The fraction of sp³-hybridized carbons (Fsp3) is 0.348. The summed E-state index contributed by atoms with van der Waals surface area (Å²) in [5.74, 6) is 0.156. The van der Waals surface area contributed by atoms with Crippen LogP contribution in [0.5, 0.6) is 0 Å². The van der Waals surface area contributed by atoms with Crippen molar-refractivity contribution in [3.8, 4) is 0 Å². The molecule has 1 N–H and O–H groups in total. The third-order valence-corrected chi connectivity index (χ3v) is 5.19. The number of rotatable bonds is 6. The van der Waals surface area contributed by atoms with Gasteiger partial charge in [-0.2, -0.15) is 0 Å². The van der Waals surface area contributed by atoms with Gasteiger partial charge in [0.15, 0.2) is 0 Å². The van der Waals surface area contributed by atoms with Crippen molar-refractivity contribution < 1.29 is 4.79 Å². The average Bonchev–Trinajstić information content (AvgIpc) is 2.97. The van der Waals surface area contributed by atoms with Crippen LogP contribution in [-0.2, 0) is 11.8 Å². The van der Waals surface area contributed by atoms with E-state index in [0.29, 0.717) is 6.42 Å². The molecule has 0 radical (unpaired) electrons. The molecule has 3 nitrogen and oxygen atoms in total. The molecule has 1 heterocycles. The summed E-state index contributed by atoms with van der Waals surface area (Å²) >= 11 is 0. The lowest BCUT2D eigenvalue weighted by molar-refractivity contribution is -0.121. The van der Waals surface area contributed by atoms with Gasteiger partial charge in [-0.1, -0.05) is 55.0 Å². The van der Waals surface area contributed by atoms with E-state index in [1.165, 1.54) is 27.6 Å². The molecule has 0 aliphatic carbocycles. The molecule has 1 amide bonds. The Morgan fingerprint density at radius 1 is 1.12 bits per heavy atom. The van der Waals surface area contributed by atoms with E-state index in [2.05, 4.69) is 92.4 Å². The lowest BCUT2D eigenvalue weighted by atomic mass is 9.87. The predicted molar refractivity (Wildman–Crippen MR) is 108 cm³/mol. The van der Waals surface area contributed by atoms with Crippen molar-refractivity contribution in [1.29, 1.82) is 0 Å². The van der Waals surface area contributed by atoms with E-state index in [9.17, 15) is 4.79 Å². The highest BCUT2D eigenvalue weighted by atomic mass is 16.1. The summed E-state index contributed by atoms with van der Waals surface area (Å²) in [5, 5.41) is 4.34. The third kappa shape index (κ3) is 3.82. The molecule has 0 saturated carbocycles. The minimum Gasteiger partial charge on any atom is -0.354 e. The number of carbonyl (C=O) groups is 1. The molecular formula is C23H28N2O. The summed E-state index contributed by atoms with van der Waals surface area (Å²) in [5.41, 5.74) is 4.83. The van der Waals surface area contributed by atoms with Gasteiger partial charge in [0.25, 0.3) is 0 Å². The molecule has 3 rings (SSSR count). The highest BCUT2D eigenvalue weighted by Crippen LogP contribution is 2.34. The molecule has 2 atom stereocenters. The number of benzene rings is 2. The number of fused-ring (bicyclic) bond motifs is 1. The summed E-state index contributed by atoms with van der Waals surface area (Å²) in [7, 11) is 2.07. The maximum Gasteiger partial charge on any atom is 0.221 e. The molecule has 3 heteroatoms. The van der Waals surface area contributed by atoms with Crippen molar-refractivity contribution >= 4 is 16.8 Å². The average molecular weight is 348 g/mol. The molecule has 136 valence electrons. The first-order valence-corrected chi connectivity index (χ1v) is 9.39. The van der Waals surface area contributed by atoms with Gasteiger partial charge in [0, 0.05) is 42.5 Å². The first-order chi connectivity index (χ1) is 12.5. The molecule has 0 saturated heterocycles. The predicted octanol–water partition coefficient (Wildman–Crippen LogP) is 4.92. The maximum absolute atomic E-state index is 12.7. The van der Waals surface area contributed by atoms with E-state index in [-0.39, 0.29) is 17.9 Å². The minimum absolute atomic E-state index is 0.0470. The van der Waals surface area contributed by atoms with E-state index in [4.69, 9.17) is 0 Å². The molecule has 0 aliphatic rings. The van der Waals surface area contributed by atoms with Gasteiger partial charge >= 0.3 is 0 Å². The van der Waals surface area contributed by atoms with E-state index in [0.717, 1.165) is 6.42 Å². The quantitative estimate of drug-likeness (QED) is 0.674. The number of aryl methyl sites for hydroxylation is 2. The smallest absolute Gasteiger partial charge is 0.221 e. The van der Waals surface area contributed by atoms with Crippen LogP contribution >= 0.6 is 0 Å². The van der Waals surface area contributed by atoms with Crippen LogP contribution in [0.1, 0.15) is 49.3 Å². The SMILES string of the molecule is CC[C@H](C)NC(=O)C[C@@H](c1ccc(C)cc1)c1cn(C)c2ccccc12. The van der Waals surface area contributed by atoms with Gasteiger partial charge in [0.2, 0.25) is 5.91 Å². The van der Waals surface area contributed by atoms with Crippen LogP contribution in [0.15, 0.2) is 54.7 Å². The van der Waals surface area contributed by atoms with Crippen LogP contribution in [0.25, 0.3) is 10.9 Å². The first-order valence-electron chi connectivity index (χ1n) is 9.39. The fourth-order valence-corrected chi connectivity index (χ4v) is 3.48.